The lowest BCUT2D eigenvalue weighted by Gasteiger charge is -2.34. The fraction of sp³-hybridized carbons (Fsp3) is 0.588. The van der Waals surface area contributed by atoms with Crippen LogP contribution in [0.4, 0.5) is 5.69 Å². The van der Waals surface area contributed by atoms with Crippen molar-refractivity contribution >= 4 is 11.3 Å². The summed E-state index contributed by atoms with van der Waals surface area (Å²) in [6.45, 7) is 6.00. The SMILES string of the molecule is Cc1nn2cnnc2c(N2C[C@H]3C[C@@H](n4cncn4)[C@H](O)C[C@H]3C2)c1C. The number of aryl methyl sites for hydroxylation is 1. The van der Waals surface area contributed by atoms with Crippen molar-refractivity contribution in [3.8, 4) is 0 Å². The number of rotatable bonds is 2. The first-order chi connectivity index (χ1) is 12.6. The first-order valence-corrected chi connectivity index (χ1v) is 9.06. The molecule has 26 heavy (non-hydrogen) atoms. The van der Waals surface area contributed by atoms with Gasteiger partial charge in [-0.3, -0.25) is 0 Å². The van der Waals surface area contributed by atoms with Crippen molar-refractivity contribution in [2.75, 3.05) is 18.0 Å². The van der Waals surface area contributed by atoms with Gasteiger partial charge in [-0.05, 0) is 44.1 Å². The topological polar surface area (TPSA) is 97.3 Å². The highest BCUT2D eigenvalue weighted by molar-refractivity contribution is 5.73. The minimum Gasteiger partial charge on any atom is -0.391 e. The van der Waals surface area contributed by atoms with E-state index in [-0.39, 0.29) is 12.1 Å². The van der Waals surface area contributed by atoms with Crippen LogP contribution < -0.4 is 4.90 Å². The molecule has 0 bridgehead atoms. The molecule has 1 saturated carbocycles. The summed E-state index contributed by atoms with van der Waals surface area (Å²) in [7, 11) is 0. The molecule has 1 aliphatic carbocycles. The third-order valence-corrected chi connectivity index (χ3v) is 6.10. The standard InChI is InChI=1S/C17H22N8O/c1-10-11(2)22-25-9-19-21-17(25)16(10)23-5-12-3-14(24-8-18-7-20-24)15(26)4-13(12)6-23/h7-9,12-15,26H,3-6H2,1-2H3/t12-,13+,14-,15-/m1/s1. The largest absolute Gasteiger partial charge is 0.391 e. The van der Waals surface area contributed by atoms with Gasteiger partial charge in [-0.2, -0.15) is 14.7 Å². The van der Waals surface area contributed by atoms with Gasteiger partial charge in [-0.1, -0.05) is 0 Å². The molecule has 0 unspecified atom stereocenters. The van der Waals surface area contributed by atoms with E-state index >= 15 is 0 Å². The van der Waals surface area contributed by atoms with E-state index in [1.807, 2.05) is 11.6 Å². The van der Waals surface area contributed by atoms with Crippen LogP contribution in [0.5, 0.6) is 0 Å². The molecule has 4 heterocycles. The van der Waals surface area contributed by atoms with Crippen molar-refractivity contribution in [3.63, 3.8) is 0 Å². The highest BCUT2D eigenvalue weighted by Gasteiger charge is 2.43. The van der Waals surface area contributed by atoms with Gasteiger partial charge < -0.3 is 10.0 Å². The smallest absolute Gasteiger partial charge is 0.201 e. The van der Waals surface area contributed by atoms with Crippen molar-refractivity contribution in [2.45, 2.75) is 38.8 Å². The van der Waals surface area contributed by atoms with E-state index in [0.717, 1.165) is 48.5 Å². The highest BCUT2D eigenvalue weighted by atomic mass is 16.3. The molecule has 9 heteroatoms. The second-order valence-corrected chi connectivity index (χ2v) is 7.56. The molecule has 2 fully saturated rings. The molecule has 1 aliphatic heterocycles. The quantitative estimate of drug-likeness (QED) is 0.726. The number of aromatic nitrogens is 7. The summed E-state index contributed by atoms with van der Waals surface area (Å²) in [4.78, 5) is 6.44. The first kappa shape index (κ1) is 15.7. The third-order valence-electron chi connectivity index (χ3n) is 6.10. The normalized spacial score (nSPS) is 28.7. The first-order valence-electron chi connectivity index (χ1n) is 9.06. The van der Waals surface area contributed by atoms with Crippen LogP contribution in [0.25, 0.3) is 5.65 Å². The Kier molecular flexibility index (Phi) is 3.46. The number of hydrogen-bond donors (Lipinski definition) is 1. The van der Waals surface area contributed by atoms with E-state index in [1.165, 1.54) is 6.33 Å². The van der Waals surface area contributed by atoms with E-state index in [2.05, 4.69) is 37.2 Å². The average molecular weight is 354 g/mol. The van der Waals surface area contributed by atoms with E-state index in [0.29, 0.717) is 11.8 Å². The van der Waals surface area contributed by atoms with Crippen LogP contribution in [0.2, 0.25) is 0 Å². The van der Waals surface area contributed by atoms with Gasteiger partial charge >= 0.3 is 0 Å². The Hall–Kier alpha value is -2.55. The van der Waals surface area contributed by atoms with E-state index < -0.39 is 0 Å². The fourth-order valence-corrected chi connectivity index (χ4v) is 4.68. The molecule has 1 N–H and O–H groups in total. The summed E-state index contributed by atoms with van der Waals surface area (Å²) in [5.41, 5.74) is 4.07. The lowest BCUT2D eigenvalue weighted by atomic mass is 9.77. The predicted octanol–water partition coefficient (Wildman–Crippen LogP) is 0.781. The summed E-state index contributed by atoms with van der Waals surface area (Å²) >= 11 is 0. The van der Waals surface area contributed by atoms with Crippen LogP contribution >= 0.6 is 0 Å². The summed E-state index contributed by atoms with van der Waals surface area (Å²) in [5, 5.41) is 27.7. The molecule has 4 atom stereocenters. The molecule has 1 saturated heterocycles. The van der Waals surface area contributed by atoms with Gasteiger partial charge in [-0.15, -0.1) is 10.2 Å². The second kappa shape index (κ2) is 5.73. The number of fused-ring (bicyclic) bond motifs is 2. The highest BCUT2D eigenvalue weighted by Crippen LogP contribution is 2.43. The Balaban J connectivity index is 1.46. The van der Waals surface area contributed by atoms with Crippen molar-refractivity contribution in [1.82, 2.24) is 34.6 Å². The van der Waals surface area contributed by atoms with Crippen LogP contribution in [0.1, 0.15) is 30.1 Å². The third kappa shape index (κ3) is 2.30. The number of aliphatic hydroxyl groups excluding tert-OH is 1. The van der Waals surface area contributed by atoms with Crippen molar-refractivity contribution in [2.24, 2.45) is 11.8 Å². The monoisotopic (exact) mass is 354 g/mol. The Morgan fingerprint density at radius 1 is 1.12 bits per heavy atom. The molecule has 0 radical (unpaired) electrons. The summed E-state index contributed by atoms with van der Waals surface area (Å²) in [6.07, 6.45) is 6.21. The minimum absolute atomic E-state index is 0.00656. The van der Waals surface area contributed by atoms with Gasteiger partial charge in [-0.25, -0.2) is 9.67 Å². The molecule has 2 aliphatic rings. The molecule has 3 aromatic heterocycles. The van der Waals surface area contributed by atoms with E-state index in [4.69, 9.17) is 0 Å². The lowest BCUT2D eigenvalue weighted by molar-refractivity contribution is 0.0305. The zero-order valence-electron chi connectivity index (χ0n) is 14.9. The molecule has 0 amide bonds. The van der Waals surface area contributed by atoms with Crippen LogP contribution in [0.3, 0.4) is 0 Å². The van der Waals surface area contributed by atoms with Crippen molar-refractivity contribution < 1.29 is 5.11 Å². The van der Waals surface area contributed by atoms with E-state index in [1.54, 1.807) is 17.2 Å². The van der Waals surface area contributed by atoms with Crippen molar-refractivity contribution in [3.05, 3.63) is 30.2 Å². The Labute approximate surface area is 150 Å². The second-order valence-electron chi connectivity index (χ2n) is 7.56. The molecular formula is C17H22N8O. The van der Waals surface area contributed by atoms with Crippen LogP contribution in [-0.2, 0) is 0 Å². The average Bonchev–Trinajstić information content (AvgIpc) is 3.34. The molecule has 5 rings (SSSR count). The number of nitrogens with zero attached hydrogens (tertiary/aromatic N) is 8. The van der Waals surface area contributed by atoms with Gasteiger partial charge in [0.25, 0.3) is 0 Å². The predicted molar refractivity (Wildman–Crippen MR) is 93.7 cm³/mol. The Bertz CT molecular complexity index is 936. The van der Waals surface area contributed by atoms with Gasteiger partial charge in [0.05, 0.1) is 23.5 Å². The minimum atomic E-state index is -0.383. The van der Waals surface area contributed by atoms with Gasteiger partial charge in [0.1, 0.15) is 19.0 Å². The zero-order chi connectivity index (χ0) is 17.8. The fourth-order valence-electron chi connectivity index (χ4n) is 4.68. The van der Waals surface area contributed by atoms with E-state index in [9.17, 15) is 5.11 Å². The summed E-state index contributed by atoms with van der Waals surface area (Å²) < 4.78 is 3.56. The number of anilines is 1. The zero-order valence-corrected chi connectivity index (χ0v) is 14.9. The maximum absolute atomic E-state index is 10.6. The van der Waals surface area contributed by atoms with Crippen LogP contribution in [-0.4, -0.2) is 58.9 Å². The number of hydrogen-bond acceptors (Lipinski definition) is 7. The van der Waals surface area contributed by atoms with Gasteiger partial charge in [0.15, 0.2) is 0 Å². The molecule has 136 valence electrons. The molecule has 3 aromatic rings. The van der Waals surface area contributed by atoms with Crippen LogP contribution in [0.15, 0.2) is 19.0 Å². The maximum atomic E-state index is 10.6. The Morgan fingerprint density at radius 3 is 2.69 bits per heavy atom. The molecular weight excluding hydrogens is 332 g/mol. The lowest BCUT2D eigenvalue weighted by Crippen LogP contribution is -2.36. The summed E-state index contributed by atoms with van der Waals surface area (Å²) in [6, 6.07) is 0.00656. The van der Waals surface area contributed by atoms with Gasteiger partial charge in [0, 0.05) is 13.1 Å². The maximum Gasteiger partial charge on any atom is 0.201 e. The summed E-state index contributed by atoms with van der Waals surface area (Å²) in [5.74, 6) is 0.990. The number of aliphatic hydroxyl groups is 1. The van der Waals surface area contributed by atoms with Crippen molar-refractivity contribution in [1.29, 1.82) is 0 Å². The molecule has 0 aromatic carbocycles. The molecule has 9 nitrogen and oxygen atoms in total. The van der Waals surface area contributed by atoms with Crippen LogP contribution in [0, 0.1) is 25.7 Å². The Morgan fingerprint density at radius 2 is 1.92 bits per heavy atom. The van der Waals surface area contributed by atoms with Gasteiger partial charge in [0.2, 0.25) is 5.65 Å². The molecule has 0 spiro atoms.